The maximum absolute atomic E-state index is 12.0. The first-order valence-electron chi connectivity index (χ1n) is 7.32. The van der Waals surface area contributed by atoms with E-state index in [9.17, 15) is 10.0 Å². The molecule has 1 amide bonds. The van der Waals surface area contributed by atoms with E-state index in [4.69, 9.17) is 9.94 Å². The number of benzene rings is 1. The van der Waals surface area contributed by atoms with Crippen LogP contribution in [0.4, 0.5) is 11.4 Å². The number of rotatable bonds is 4. The molecule has 0 aromatic heterocycles. The van der Waals surface area contributed by atoms with E-state index in [1.807, 2.05) is 18.7 Å². The maximum Gasteiger partial charge on any atom is 0.225 e. The molecule has 2 rings (SSSR count). The van der Waals surface area contributed by atoms with Crippen molar-refractivity contribution in [3.05, 3.63) is 23.4 Å². The summed E-state index contributed by atoms with van der Waals surface area (Å²) in [5.74, 6) is 0.504. The van der Waals surface area contributed by atoms with E-state index in [1.54, 1.807) is 12.1 Å². The Kier molecular flexibility index (Phi) is 5.10. The Labute approximate surface area is 130 Å². The van der Waals surface area contributed by atoms with Gasteiger partial charge in [0.15, 0.2) is 0 Å². The van der Waals surface area contributed by atoms with Crippen molar-refractivity contribution in [3.63, 3.8) is 0 Å². The summed E-state index contributed by atoms with van der Waals surface area (Å²) in [6.07, 6.45) is 0. The van der Waals surface area contributed by atoms with Gasteiger partial charge in [-0.2, -0.15) is 0 Å². The fourth-order valence-corrected chi connectivity index (χ4v) is 2.57. The van der Waals surface area contributed by atoms with Crippen molar-refractivity contribution in [3.8, 4) is 5.75 Å². The molecule has 0 radical (unpaired) electrons. The molecule has 0 atom stereocenters. The lowest BCUT2D eigenvalue weighted by atomic mass is 10.1. The Hall–Kier alpha value is -1.99. The minimum atomic E-state index is -0.206. The van der Waals surface area contributed by atoms with E-state index in [2.05, 4.69) is 4.90 Å². The van der Waals surface area contributed by atoms with Crippen LogP contribution in [-0.2, 0) is 4.79 Å². The van der Waals surface area contributed by atoms with Crippen molar-refractivity contribution >= 4 is 17.3 Å². The largest absolute Gasteiger partial charge is 0.733 e. The van der Waals surface area contributed by atoms with E-state index in [0.29, 0.717) is 18.8 Å². The molecule has 122 valence electrons. The zero-order valence-corrected chi connectivity index (χ0v) is 13.2. The van der Waals surface area contributed by atoms with E-state index in [-0.39, 0.29) is 22.7 Å². The topological polar surface area (TPSA) is 79.3 Å². The van der Waals surface area contributed by atoms with Gasteiger partial charge in [-0.15, -0.1) is 0 Å². The number of amides is 1. The molecular weight excluding hydrogens is 286 g/mol. The third-order valence-corrected chi connectivity index (χ3v) is 3.82. The molecule has 7 heteroatoms. The fourth-order valence-electron chi connectivity index (χ4n) is 2.57. The number of piperazine rings is 1. The summed E-state index contributed by atoms with van der Waals surface area (Å²) < 4.78 is 5.14. The second-order valence-corrected chi connectivity index (χ2v) is 5.60. The van der Waals surface area contributed by atoms with Gasteiger partial charge in [0.25, 0.3) is 0 Å². The van der Waals surface area contributed by atoms with Crippen LogP contribution in [-0.4, -0.2) is 49.3 Å². The van der Waals surface area contributed by atoms with E-state index in [1.165, 1.54) is 13.2 Å². The van der Waals surface area contributed by atoms with Crippen molar-refractivity contribution in [1.82, 2.24) is 4.90 Å². The number of hydrogen-bond acceptors (Lipinski definition) is 6. The van der Waals surface area contributed by atoms with Crippen LogP contribution in [0.25, 0.3) is 0 Å². The number of nitrogens with zero attached hydrogens (tertiary/aromatic N) is 3. The molecular formula is C15H22N3O4-. The van der Waals surface area contributed by atoms with Crippen molar-refractivity contribution in [2.24, 2.45) is 5.92 Å². The van der Waals surface area contributed by atoms with Gasteiger partial charge in [-0.3, -0.25) is 10.0 Å². The van der Waals surface area contributed by atoms with Crippen LogP contribution >= 0.6 is 0 Å². The van der Waals surface area contributed by atoms with Gasteiger partial charge in [-0.1, -0.05) is 13.8 Å². The van der Waals surface area contributed by atoms with Crippen LogP contribution < -0.4 is 14.9 Å². The van der Waals surface area contributed by atoms with Crippen molar-refractivity contribution in [2.75, 3.05) is 43.4 Å². The standard InChI is InChI=1S/C15H22N3O4/c1-11(2)15(19)17-8-6-16(7-9-17)12-4-5-13(18(20)21)14(10-12)22-3/h4-5,10-11,20H,6-9H2,1-3H3/q-1. The molecule has 0 unspecified atom stereocenters. The van der Waals surface area contributed by atoms with Gasteiger partial charge in [-0.05, 0) is 12.1 Å². The maximum atomic E-state index is 12.0. The minimum absolute atomic E-state index is 0.0125. The van der Waals surface area contributed by atoms with Gasteiger partial charge >= 0.3 is 0 Å². The normalized spacial score (nSPS) is 15.2. The molecule has 1 fully saturated rings. The molecule has 0 aliphatic carbocycles. The summed E-state index contributed by atoms with van der Waals surface area (Å²) >= 11 is 0. The van der Waals surface area contributed by atoms with Crippen LogP contribution in [0.5, 0.6) is 5.75 Å². The van der Waals surface area contributed by atoms with Crippen molar-refractivity contribution < 1.29 is 14.7 Å². The number of carbonyl (C=O) groups excluding carboxylic acids is 1. The smallest absolute Gasteiger partial charge is 0.225 e. The van der Waals surface area contributed by atoms with Gasteiger partial charge in [0.2, 0.25) is 5.91 Å². The first-order valence-corrected chi connectivity index (χ1v) is 7.32. The summed E-state index contributed by atoms with van der Waals surface area (Å²) in [4.78, 5) is 16.0. The van der Waals surface area contributed by atoms with Crippen LogP contribution in [0.15, 0.2) is 18.2 Å². The molecule has 0 bridgehead atoms. The lowest BCUT2D eigenvalue weighted by Gasteiger charge is -2.37. The van der Waals surface area contributed by atoms with Gasteiger partial charge in [0.05, 0.1) is 12.8 Å². The zero-order valence-electron chi connectivity index (χ0n) is 13.2. The molecule has 1 aromatic carbocycles. The molecule has 1 saturated heterocycles. The number of anilines is 2. The second-order valence-electron chi connectivity index (χ2n) is 5.60. The number of carbonyl (C=O) groups is 1. The van der Waals surface area contributed by atoms with E-state index < -0.39 is 0 Å². The monoisotopic (exact) mass is 308 g/mol. The predicted octanol–water partition coefficient (Wildman–Crippen LogP) is 1.69. The number of ether oxygens (including phenoxy) is 1. The van der Waals surface area contributed by atoms with Crippen molar-refractivity contribution in [1.29, 1.82) is 0 Å². The van der Waals surface area contributed by atoms with E-state index >= 15 is 0 Å². The Morgan fingerprint density at radius 3 is 2.45 bits per heavy atom. The summed E-state index contributed by atoms with van der Waals surface area (Å²) in [5, 5.41) is 19.8. The minimum Gasteiger partial charge on any atom is -0.733 e. The van der Waals surface area contributed by atoms with Gasteiger partial charge in [0, 0.05) is 43.9 Å². The first kappa shape index (κ1) is 16.4. The van der Waals surface area contributed by atoms with Crippen LogP contribution in [0.1, 0.15) is 13.8 Å². The SMILES string of the molecule is COc1cc(N2CCN(C(=O)C(C)C)CC2)ccc1N([O-])O. The Bertz CT molecular complexity index is 526. The second kappa shape index (κ2) is 6.85. The molecule has 1 N–H and O–H groups in total. The average molecular weight is 308 g/mol. The van der Waals surface area contributed by atoms with Crippen LogP contribution in [0.3, 0.4) is 0 Å². The summed E-state index contributed by atoms with van der Waals surface area (Å²) in [6, 6.07) is 5.00. The van der Waals surface area contributed by atoms with Gasteiger partial charge < -0.3 is 25.0 Å². The highest BCUT2D eigenvalue weighted by molar-refractivity contribution is 5.78. The van der Waals surface area contributed by atoms with Gasteiger partial charge in [-0.25, -0.2) is 0 Å². The van der Waals surface area contributed by atoms with E-state index in [0.717, 1.165) is 18.8 Å². The van der Waals surface area contributed by atoms with Crippen molar-refractivity contribution in [2.45, 2.75) is 13.8 Å². The van der Waals surface area contributed by atoms with Crippen LogP contribution in [0.2, 0.25) is 0 Å². The molecule has 7 nitrogen and oxygen atoms in total. The fraction of sp³-hybridized carbons (Fsp3) is 0.533. The lowest BCUT2D eigenvalue weighted by Crippen LogP contribution is -2.49. The Morgan fingerprint density at radius 1 is 1.32 bits per heavy atom. The average Bonchev–Trinajstić information content (AvgIpc) is 2.53. The molecule has 1 heterocycles. The highest BCUT2D eigenvalue weighted by Crippen LogP contribution is 2.32. The lowest BCUT2D eigenvalue weighted by molar-refractivity contribution is -0.134. The third-order valence-electron chi connectivity index (χ3n) is 3.82. The van der Waals surface area contributed by atoms with Crippen LogP contribution in [0, 0.1) is 11.1 Å². The highest BCUT2D eigenvalue weighted by atomic mass is 16.8. The molecule has 0 spiro atoms. The summed E-state index contributed by atoms with van der Waals surface area (Å²) in [7, 11) is 1.45. The Morgan fingerprint density at radius 2 is 1.95 bits per heavy atom. The first-order chi connectivity index (χ1) is 10.4. The summed E-state index contributed by atoms with van der Waals surface area (Å²) in [6.45, 7) is 6.61. The molecule has 0 saturated carbocycles. The molecule has 1 aliphatic heterocycles. The number of hydrogen-bond donors (Lipinski definition) is 1. The quantitative estimate of drug-likeness (QED) is 0.853. The molecule has 22 heavy (non-hydrogen) atoms. The predicted molar refractivity (Wildman–Crippen MR) is 84.3 cm³/mol. The Balaban J connectivity index is 2.07. The third kappa shape index (κ3) is 3.42. The summed E-state index contributed by atoms with van der Waals surface area (Å²) in [5.41, 5.74) is 0.971. The van der Waals surface area contributed by atoms with Gasteiger partial charge in [0.1, 0.15) is 5.75 Å². The molecule has 1 aliphatic rings. The molecule has 1 aromatic rings. The number of methoxy groups -OCH3 is 1. The highest BCUT2D eigenvalue weighted by Gasteiger charge is 2.23. The zero-order chi connectivity index (χ0) is 16.3.